The molecule has 0 aliphatic rings. The lowest BCUT2D eigenvalue weighted by Gasteiger charge is -2.18. The molecular weight excluding hydrogens is 949 g/mol. The normalized spacial score (nSPS) is 12.7. The van der Waals surface area contributed by atoms with Crippen LogP contribution in [0.2, 0.25) is 0 Å². The van der Waals surface area contributed by atoms with Crippen LogP contribution in [0.4, 0.5) is 0 Å². The lowest BCUT2D eigenvalue weighted by Crippen LogP contribution is -2.30. The van der Waals surface area contributed by atoms with Crippen LogP contribution in [0.15, 0.2) is 97.2 Å². The zero-order valence-corrected chi connectivity index (χ0v) is 50.7. The smallest absolute Gasteiger partial charge is 0.306 e. The molecule has 0 spiro atoms. The van der Waals surface area contributed by atoms with Gasteiger partial charge in [0.25, 0.3) is 0 Å². The summed E-state index contributed by atoms with van der Waals surface area (Å²) in [7, 11) is 0. The number of carbonyl (C=O) groups is 3. The third kappa shape index (κ3) is 63.0. The Morgan fingerprint density at radius 1 is 0.273 bits per heavy atom. The Kier molecular flexibility index (Phi) is 61.8. The van der Waals surface area contributed by atoms with Crippen molar-refractivity contribution in [1.29, 1.82) is 0 Å². The molecule has 6 heteroatoms. The molecule has 0 radical (unpaired) electrons. The highest BCUT2D eigenvalue weighted by Gasteiger charge is 2.19. The first-order valence-corrected chi connectivity index (χ1v) is 32.7. The second kappa shape index (κ2) is 64.9. The monoisotopic (exact) mass is 1070 g/mol. The quantitative estimate of drug-likeness (QED) is 0.0261. The van der Waals surface area contributed by atoms with Gasteiger partial charge in [0.15, 0.2) is 6.10 Å². The fraction of sp³-hybridized carbons (Fsp3) is 0.732. The Balaban J connectivity index is 4.44. The van der Waals surface area contributed by atoms with Crippen LogP contribution in [0, 0.1) is 0 Å². The van der Waals surface area contributed by atoms with Crippen molar-refractivity contribution < 1.29 is 28.6 Å². The fourth-order valence-corrected chi connectivity index (χ4v) is 9.18. The van der Waals surface area contributed by atoms with Gasteiger partial charge in [0, 0.05) is 19.3 Å². The molecule has 0 saturated heterocycles. The van der Waals surface area contributed by atoms with Crippen LogP contribution in [-0.2, 0) is 28.6 Å². The number of carbonyl (C=O) groups excluding carboxylic acids is 3. The van der Waals surface area contributed by atoms with Crippen LogP contribution in [-0.4, -0.2) is 37.2 Å². The van der Waals surface area contributed by atoms with E-state index in [4.69, 9.17) is 14.2 Å². The van der Waals surface area contributed by atoms with Gasteiger partial charge in [-0.2, -0.15) is 0 Å². The Morgan fingerprint density at radius 3 is 0.792 bits per heavy atom. The van der Waals surface area contributed by atoms with Gasteiger partial charge < -0.3 is 14.2 Å². The predicted octanol–water partition coefficient (Wildman–Crippen LogP) is 22.4. The zero-order chi connectivity index (χ0) is 55.7. The predicted molar refractivity (Wildman–Crippen MR) is 334 cm³/mol. The van der Waals surface area contributed by atoms with Crippen LogP contribution in [0.3, 0.4) is 0 Å². The SMILES string of the molecule is CC/C=C\C/C=C\C/C=C\C/C=C\C/C=C\CCCCCCCC(=O)OCC(COC(=O)CCCCCCCCCCCCCCCCCCC)OC(=O)CCCCCCCC/C=C\C/C=C\C/C=C\CCCCCCC. The van der Waals surface area contributed by atoms with E-state index < -0.39 is 6.10 Å². The van der Waals surface area contributed by atoms with E-state index in [0.29, 0.717) is 19.3 Å². The van der Waals surface area contributed by atoms with E-state index in [1.807, 2.05) is 0 Å². The molecule has 0 heterocycles. The van der Waals surface area contributed by atoms with Crippen molar-refractivity contribution in [2.45, 2.75) is 322 Å². The van der Waals surface area contributed by atoms with E-state index in [2.05, 4.69) is 118 Å². The molecular formula is C71H122O6. The first kappa shape index (κ1) is 73.3. The molecule has 0 amide bonds. The number of unbranched alkanes of at least 4 members (excludes halogenated alkanes) is 32. The minimum Gasteiger partial charge on any atom is -0.462 e. The molecule has 1 atom stereocenters. The van der Waals surface area contributed by atoms with Gasteiger partial charge in [0.2, 0.25) is 0 Å². The molecule has 6 nitrogen and oxygen atoms in total. The second-order valence-corrected chi connectivity index (χ2v) is 21.6. The van der Waals surface area contributed by atoms with Crippen molar-refractivity contribution in [3.8, 4) is 0 Å². The lowest BCUT2D eigenvalue weighted by molar-refractivity contribution is -0.167. The Labute approximate surface area is 477 Å². The average molecular weight is 1070 g/mol. The summed E-state index contributed by atoms with van der Waals surface area (Å²) < 4.78 is 16.9. The summed E-state index contributed by atoms with van der Waals surface area (Å²) in [6, 6.07) is 0. The van der Waals surface area contributed by atoms with E-state index in [1.54, 1.807) is 0 Å². The number of hydrogen-bond donors (Lipinski definition) is 0. The summed E-state index contributed by atoms with van der Waals surface area (Å²) in [6.45, 7) is 6.52. The fourth-order valence-electron chi connectivity index (χ4n) is 9.18. The van der Waals surface area contributed by atoms with Crippen molar-refractivity contribution >= 4 is 17.9 Å². The van der Waals surface area contributed by atoms with Gasteiger partial charge in [-0.3, -0.25) is 14.4 Å². The number of ether oxygens (including phenoxy) is 3. The maximum atomic E-state index is 12.9. The Morgan fingerprint density at radius 2 is 0.506 bits per heavy atom. The maximum Gasteiger partial charge on any atom is 0.306 e. The van der Waals surface area contributed by atoms with Gasteiger partial charge in [0.05, 0.1) is 0 Å². The molecule has 442 valence electrons. The van der Waals surface area contributed by atoms with Crippen molar-refractivity contribution in [3.63, 3.8) is 0 Å². The lowest BCUT2D eigenvalue weighted by atomic mass is 10.0. The van der Waals surface area contributed by atoms with Crippen molar-refractivity contribution in [2.24, 2.45) is 0 Å². The molecule has 77 heavy (non-hydrogen) atoms. The summed E-state index contributed by atoms with van der Waals surface area (Å²) in [5.74, 6) is -0.907. The second-order valence-electron chi connectivity index (χ2n) is 21.6. The highest BCUT2D eigenvalue weighted by Crippen LogP contribution is 2.16. The van der Waals surface area contributed by atoms with Gasteiger partial charge in [-0.1, -0.05) is 291 Å². The Bertz CT molecular complexity index is 1510. The van der Waals surface area contributed by atoms with Crippen LogP contribution in [0.1, 0.15) is 316 Å². The summed E-state index contributed by atoms with van der Waals surface area (Å²) in [4.78, 5) is 38.4. The molecule has 1 unspecified atom stereocenters. The molecule has 0 aromatic carbocycles. The minimum absolute atomic E-state index is 0.0872. The average Bonchev–Trinajstić information content (AvgIpc) is 3.43. The van der Waals surface area contributed by atoms with Gasteiger partial charge >= 0.3 is 17.9 Å². The van der Waals surface area contributed by atoms with E-state index in [9.17, 15) is 14.4 Å². The number of rotatable bonds is 59. The van der Waals surface area contributed by atoms with Gasteiger partial charge in [-0.25, -0.2) is 0 Å². The van der Waals surface area contributed by atoms with Gasteiger partial charge in [0.1, 0.15) is 13.2 Å². The molecule has 0 aromatic rings. The van der Waals surface area contributed by atoms with Crippen molar-refractivity contribution in [2.75, 3.05) is 13.2 Å². The maximum absolute atomic E-state index is 12.9. The number of allylic oxidation sites excluding steroid dienone is 16. The van der Waals surface area contributed by atoms with Gasteiger partial charge in [-0.05, 0) is 103 Å². The highest BCUT2D eigenvalue weighted by atomic mass is 16.6. The first-order chi connectivity index (χ1) is 38.0. The van der Waals surface area contributed by atoms with Crippen LogP contribution < -0.4 is 0 Å². The highest BCUT2D eigenvalue weighted by molar-refractivity contribution is 5.71. The van der Waals surface area contributed by atoms with Crippen molar-refractivity contribution in [3.05, 3.63) is 97.2 Å². The molecule has 0 bridgehead atoms. The van der Waals surface area contributed by atoms with E-state index >= 15 is 0 Å². The van der Waals surface area contributed by atoms with E-state index in [-0.39, 0.29) is 31.1 Å². The van der Waals surface area contributed by atoms with Crippen molar-refractivity contribution in [1.82, 2.24) is 0 Å². The minimum atomic E-state index is -0.794. The Hall–Kier alpha value is -3.67. The summed E-state index contributed by atoms with van der Waals surface area (Å²) in [5, 5.41) is 0. The van der Waals surface area contributed by atoms with Crippen LogP contribution in [0.5, 0.6) is 0 Å². The number of hydrogen-bond acceptors (Lipinski definition) is 6. The van der Waals surface area contributed by atoms with E-state index in [1.165, 1.54) is 141 Å². The summed E-state index contributed by atoms with van der Waals surface area (Å²) >= 11 is 0. The standard InChI is InChI=1S/C71H122O6/c1-4-7-10-13-16-19-22-25-28-31-33-35-37-40-43-46-49-52-55-58-61-64-70(73)76-67-68(66-75-69(72)63-60-57-54-51-48-45-42-39-30-27-24-21-18-15-12-9-6-3)77-71(74)65-62-59-56-53-50-47-44-41-38-36-34-32-29-26-23-20-17-14-11-8-5-2/h7,10,16,19,23,25-26,28,32-35,38,40-41,43,68H,4-6,8-9,11-15,17-18,20-22,24,27,29-31,36-37,39,42,44-67H2,1-3H3/b10-7-,19-16-,26-23-,28-25-,34-32-,35-33-,41-38-,43-40-. The third-order valence-corrected chi connectivity index (χ3v) is 14.1. The topological polar surface area (TPSA) is 78.9 Å². The summed E-state index contributed by atoms with van der Waals surface area (Å²) in [5.41, 5.74) is 0. The largest absolute Gasteiger partial charge is 0.462 e. The molecule has 0 rings (SSSR count). The third-order valence-electron chi connectivity index (χ3n) is 14.1. The van der Waals surface area contributed by atoms with Gasteiger partial charge in [-0.15, -0.1) is 0 Å². The summed E-state index contributed by atoms with van der Waals surface area (Å²) in [6.07, 6.45) is 86.9. The number of esters is 3. The molecule has 0 saturated carbocycles. The van der Waals surface area contributed by atoms with Crippen LogP contribution >= 0.6 is 0 Å². The molecule has 0 fully saturated rings. The first-order valence-electron chi connectivity index (χ1n) is 32.7. The zero-order valence-electron chi connectivity index (χ0n) is 50.7. The van der Waals surface area contributed by atoms with Crippen LogP contribution in [0.25, 0.3) is 0 Å². The van der Waals surface area contributed by atoms with E-state index in [0.717, 1.165) is 135 Å². The molecule has 0 aliphatic heterocycles. The molecule has 0 aromatic heterocycles. The molecule has 0 N–H and O–H groups in total. The molecule has 0 aliphatic carbocycles.